The minimum absolute atomic E-state index is 0.520. The van der Waals surface area contributed by atoms with E-state index in [9.17, 15) is 0 Å². The third-order valence-corrected chi connectivity index (χ3v) is 3.44. The Morgan fingerprint density at radius 3 is 2.53 bits per heavy atom. The van der Waals surface area contributed by atoms with Crippen molar-refractivity contribution in [3.05, 3.63) is 51.9 Å². The molecule has 0 spiro atoms. The second-order valence-corrected chi connectivity index (χ2v) is 4.94. The van der Waals surface area contributed by atoms with Gasteiger partial charge in [-0.05, 0) is 30.5 Å². The van der Waals surface area contributed by atoms with Crippen LogP contribution in [0.3, 0.4) is 0 Å². The van der Waals surface area contributed by atoms with Crippen molar-refractivity contribution in [3.63, 3.8) is 0 Å². The lowest BCUT2D eigenvalue weighted by atomic mass is 10.1. The van der Waals surface area contributed by atoms with Crippen molar-refractivity contribution < 1.29 is 0 Å². The van der Waals surface area contributed by atoms with E-state index in [-0.39, 0.29) is 0 Å². The summed E-state index contributed by atoms with van der Waals surface area (Å²) in [6.07, 6.45) is 3.19. The number of hydrogen-bond acceptors (Lipinski definition) is 3. The zero-order valence-corrected chi connectivity index (χ0v) is 12.2. The van der Waals surface area contributed by atoms with Gasteiger partial charge >= 0.3 is 0 Å². The first-order chi connectivity index (χ1) is 9.20. The van der Waals surface area contributed by atoms with Crippen LogP contribution in [-0.4, -0.2) is 16.5 Å². The monoisotopic (exact) mass is 295 g/mol. The van der Waals surface area contributed by atoms with Gasteiger partial charge in [-0.25, -0.2) is 9.97 Å². The van der Waals surface area contributed by atoms with Crippen LogP contribution in [0.1, 0.15) is 18.1 Å². The number of nitrogens with one attached hydrogen (secondary N) is 1. The molecule has 0 aliphatic rings. The van der Waals surface area contributed by atoms with Gasteiger partial charge < -0.3 is 5.32 Å². The van der Waals surface area contributed by atoms with Crippen molar-refractivity contribution in [2.75, 3.05) is 11.9 Å². The number of nitrogens with zero attached hydrogens (tertiary/aromatic N) is 2. The highest BCUT2D eigenvalue weighted by atomic mass is 35.5. The zero-order chi connectivity index (χ0) is 13.7. The summed E-state index contributed by atoms with van der Waals surface area (Å²) >= 11 is 11.9. The lowest BCUT2D eigenvalue weighted by molar-refractivity contribution is 0.973. The van der Waals surface area contributed by atoms with Crippen LogP contribution >= 0.6 is 23.2 Å². The Bertz CT molecular complexity index is 541. The van der Waals surface area contributed by atoms with E-state index in [4.69, 9.17) is 23.2 Å². The van der Waals surface area contributed by atoms with Gasteiger partial charge in [0.25, 0.3) is 0 Å². The maximum atomic E-state index is 6.04. The molecule has 1 aromatic heterocycles. The molecule has 1 aromatic carbocycles. The molecule has 0 saturated heterocycles. The first kappa shape index (κ1) is 14.1. The minimum Gasteiger partial charge on any atom is -0.369 e. The van der Waals surface area contributed by atoms with Crippen LogP contribution in [0.15, 0.2) is 30.6 Å². The SMILES string of the molecule is CCc1c(Cl)ncnc1NCCc1ccc(Cl)cc1. The van der Waals surface area contributed by atoms with Crippen molar-refractivity contribution >= 4 is 29.0 Å². The van der Waals surface area contributed by atoms with Gasteiger partial charge in [-0.1, -0.05) is 42.3 Å². The molecule has 0 amide bonds. The first-order valence-corrected chi connectivity index (χ1v) is 6.94. The summed E-state index contributed by atoms with van der Waals surface area (Å²) in [4.78, 5) is 8.21. The summed E-state index contributed by atoms with van der Waals surface area (Å²) in [5.41, 5.74) is 2.19. The molecule has 0 radical (unpaired) electrons. The van der Waals surface area contributed by atoms with E-state index in [1.165, 1.54) is 11.9 Å². The van der Waals surface area contributed by atoms with E-state index in [0.717, 1.165) is 35.8 Å². The average molecular weight is 296 g/mol. The maximum Gasteiger partial charge on any atom is 0.137 e. The highest BCUT2D eigenvalue weighted by molar-refractivity contribution is 6.30. The van der Waals surface area contributed by atoms with Gasteiger partial charge in [0, 0.05) is 17.1 Å². The van der Waals surface area contributed by atoms with Gasteiger partial charge in [0.1, 0.15) is 17.3 Å². The standard InChI is InChI=1S/C14H15Cl2N3/c1-2-12-13(16)18-9-19-14(12)17-8-7-10-3-5-11(15)6-4-10/h3-6,9H,2,7-8H2,1H3,(H,17,18,19). The second kappa shape index (κ2) is 6.73. The van der Waals surface area contributed by atoms with Crippen LogP contribution in [-0.2, 0) is 12.8 Å². The van der Waals surface area contributed by atoms with Crippen molar-refractivity contribution in [3.8, 4) is 0 Å². The number of halogens is 2. The first-order valence-electron chi connectivity index (χ1n) is 6.18. The second-order valence-electron chi connectivity index (χ2n) is 4.15. The smallest absolute Gasteiger partial charge is 0.137 e. The third kappa shape index (κ3) is 3.82. The molecule has 0 atom stereocenters. The molecule has 1 N–H and O–H groups in total. The summed E-state index contributed by atoms with van der Waals surface area (Å²) in [6, 6.07) is 7.85. The summed E-state index contributed by atoms with van der Waals surface area (Å²) in [7, 11) is 0. The zero-order valence-electron chi connectivity index (χ0n) is 10.7. The van der Waals surface area contributed by atoms with E-state index in [1.807, 2.05) is 31.2 Å². The van der Waals surface area contributed by atoms with E-state index >= 15 is 0 Å². The van der Waals surface area contributed by atoms with Crippen LogP contribution in [0.25, 0.3) is 0 Å². The van der Waals surface area contributed by atoms with E-state index < -0.39 is 0 Å². The molecular weight excluding hydrogens is 281 g/mol. The minimum atomic E-state index is 0.520. The fourth-order valence-corrected chi connectivity index (χ4v) is 2.23. The predicted molar refractivity (Wildman–Crippen MR) is 80.1 cm³/mol. The molecule has 0 bridgehead atoms. The van der Waals surface area contributed by atoms with Crippen molar-refractivity contribution in [1.82, 2.24) is 9.97 Å². The molecule has 0 fully saturated rings. The highest BCUT2D eigenvalue weighted by Gasteiger charge is 2.07. The molecule has 19 heavy (non-hydrogen) atoms. The summed E-state index contributed by atoms with van der Waals surface area (Å²) < 4.78 is 0. The lowest BCUT2D eigenvalue weighted by Crippen LogP contribution is -2.09. The number of anilines is 1. The Hall–Kier alpha value is -1.32. The van der Waals surface area contributed by atoms with Gasteiger partial charge in [-0.2, -0.15) is 0 Å². The fraction of sp³-hybridized carbons (Fsp3) is 0.286. The quantitative estimate of drug-likeness (QED) is 0.847. The van der Waals surface area contributed by atoms with E-state index in [1.54, 1.807) is 0 Å². The summed E-state index contributed by atoms with van der Waals surface area (Å²) in [6.45, 7) is 2.83. The molecule has 0 saturated carbocycles. The number of aromatic nitrogens is 2. The molecule has 100 valence electrons. The summed E-state index contributed by atoms with van der Waals surface area (Å²) in [5.74, 6) is 0.816. The Morgan fingerprint density at radius 1 is 1.11 bits per heavy atom. The van der Waals surface area contributed by atoms with E-state index in [0.29, 0.717) is 5.15 Å². The number of benzene rings is 1. The Kier molecular flexibility index (Phi) is 5.00. The van der Waals surface area contributed by atoms with E-state index in [2.05, 4.69) is 15.3 Å². The molecule has 2 rings (SSSR count). The Morgan fingerprint density at radius 2 is 1.84 bits per heavy atom. The summed E-state index contributed by atoms with van der Waals surface area (Å²) in [5, 5.41) is 4.58. The van der Waals surface area contributed by atoms with Crippen LogP contribution in [0, 0.1) is 0 Å². The van der Waals surface area contributed by atoms with Crippen molar-refractivity contribution in [2.24, 2.45) is 0 Å². The topological polar surface area (TPSA) is 37.8 Å². The van der Waals surface area contributed by atoms with Crippen LogP contribution < -0.4 is 5.32 Å². The average Bonchev–Trinajstić information content (AvgIpc) is 2.41. The molecule has 5 heteroatoms. The maximum absolute atomic E-state index is 6.04. The fourth-order valence-electron chi connectivity index (χ4n) is 1.83. The Balaban J connectivity index is 1.96. The highest BCUT2D eigenvalue weighted by Crippen LogP contribution is 2.20. The largest absolute Gasteiger partial charge is 0.369 e. The predicted octanol–water partition coefficient (Wildman–Crippen LogP) is 4.00. The molecule has 0 aliphatic carbocycles. The number of hydrogen-bond donors (Lipinski definition) is 1. The van der Waals surface area contributed by atoms with Crippen LogP contribution in [0.5, 0.6) is 0 Å². The molecule has 2 aromatic rings. The Labute approximate surface area is 123 Å². The number of rotatable bonds is 5. The normalized spacial score (nSPS) is 10.5. The molecule has 0 aliphatic heterocycles. The lowest BCUT2D eigenvalue weighted by Gasteiger charge is -2.10. The molecular formula is C14H15Cl2N3. The van der Waals surface area contributed by atoms with Crippen LogP contribution in [0.4, 0.5) is 5.82 Å². The van der Waals surface area contributed by atoms with Crippen LogP contribution in [0.2, 0.25) is 10.2 Å². The third-order valence-electron chi connectivity index (χ3n) is 2.87. The molecule has 0 unspecified atom stereocenters. The molecule has 1 heterocycles. The van der Waals surface area contributed by atoms with Gasteiger partial charge in [-0.15, -0.1) is 0 Å². The van der Waals surface area contributed by atoms with Gasteiger partial charge in [0.05, 0.1) is 0 Å². The van der Waals surface area contributed by atoms with Gasteiger partial charge in [0.2, 0.25) is 0 Å². The van der Waals surface area contributed by atoms with Crippen molar-refractivity contribution in [2.45, 2.75) is 19.8 Å². The van der Waals surface area contributed by atoms with Crippen molar-refractivity contribution in [1.29, 1.82) is 0 Å². The van der Waals surface area contributed by atoms with Gasteiger partial charge in [0.15, 0.2) is 0 Å². The molecule has 3 nitrogen and oxygen atoms in total. The van der Waals surface area contributed by atoms with Gasteiger partial charge in [-0.3, -0.25) is 0 Å².